The molecule has 4 aliphatic carbocycles. The number of esters is 1. The van der Waals surface area contributed by atoms with Crippen molar-refractivity contribution in [2.45, 2.75) is 138 Å². The van der Waals surface area contributed by atoms with Crippen LogP contribution in [0.3, 0.4) is 0 Å². The molecule has 4 fully saturated rings. The average molecular weight is 845 g/mol. The first kappa shape index (κ1) is 44.5. The molecule has 4 heterocycles. The molecule has 0 N–H and O–H groups in total. The van der Waals surface area contributed by atoms with Gasteiger partial charge < -0.3 is 18.8 Å². The monoisotopic (exact) mass is 845 g/mol. The molecule has 1 saturated heterocycles. The molecule has 0 bridgehead atoms. The van der Waals surface area contributed by atoms with E-state index in [9.17, 15) is 9.59 Å². The van der Waals surface area contributed by atoms with Gasteiger partial charge in [0, 0.05) is 37.7 Å². The SMILES string of the molecule is CC.CC(C)CCC[C@@H](C)C1CC[C@H]2C3CC=C4CC(CC(=O)CCC(=O)Oc5cccc(-c6nc(N7CCOCC7)c7oc8ncccc8c7n6)c5)CCC4(C)[C@H]3CCC12C. The summed E-state index contributed by atoms with van der Waals surface area (Å²) < 4.78 is 17.6. The van der Waals surface area contributed by atoms with Crippen LogP contribution in [-0.4, -0.2) is 53.0 Å². The number of benzene rings is 1. The van der Waals surface area contributed by atoms with Crippen molar-refractivity contribution in [3.8, 4) is 17.1 Å². The van der Waals surface area contributed by atoms with E-state index in [2.05, 4.69) is 50.6 Å². The highest BCUT2D eigenvalue weighted by molar-refractivity contribution is 6.05. The smallest absolute Gasteiger partial charge is 0.311 e. The van der Waals surface area contributed by atoms with Gasteiger partial charge in [-0.3, -0.25) is 9.59 Å². The zero-order chi connectivity index (χ0) is 43.6. The summed E-state index contributed by atoms with van der Waals surface area (Å²) in [6.45, 7) is 19.1. The molecule has 3 saturated carbocycles. The lowest BCUT2D eigenvalue weighted by atomic mass is 9.46. The Morgan fingerprint density at radius 2 is 1.76 bits per heavy atom. The number of ketones is 1. The number of hydrogen-bond acceptors (Lipinski definition) is 9. The van der Waals surface area contributed by atoms with E-state index in [0.717, 1.165) is 59.3 Å². The Bertz CT molecular complexity index is 2240. The van der Waals surface area contributed by atoms with Crippen LogP contribution in [0.1, 0.15) is 138 Å². The Morgan fingerprint density at radius 1 is 0.935 bits per heavy atom. The van der Waals surface area contributed by atoms with Crippen LogP contribution < -0.4 is 9.64 Å². The van der Waals surface area contributed by atoms with Crippen molar-refractivity contribution in [3.63, 3.8) is 0 Å². The number of pyridine rings is 1. The number of morpholine rings is 1. The Balaban J connectivity index is 0.00000261. The van der Waals surface area contributed by atoms with Gasteiger partial charge in [-0.2, -0.15) is 0 Å². The molecule has 0 amide bonds. The summed E-state index contributed by atoms with van der Waals surface area (Å²) in [5.74, 6) is 6.69. The van der Waals surface area contributed by atoms with Gasteiger partial charge in [0.1, 0.15) is 17.0 Å². The third-order valence-corrected chi connectivity index (χ3v) is 16.2. The van der Waals surface area contributed by atoms with Crippen molar-refractivity contribution < 1.29 is 23.5 Å². The number of nitrogens with zero attached hydrogens (tertiary/aromatic N) is 4. The molecule has 4 aromatic rings. The highest BCUT2D eigenvalue weighted by atomic mass is 16.5. The predicted octanol–water partition coefficient (Wildman–Crippen LogP) is 12.6. The van der Waals surface area contributed by atoms with Gasteiger partial charge in [-0.15, -0.1) is 0 Å². The van der Waals surface area contributed by atoms with E-state index >= 15 is 0 Å². The third-order valence-electron chi connectivity index (χ3n) is 16.2. The minimum atomic E-state index is -0.404. The van der Waals surface area contributed by atoms with Crippen LogP contribution in [0, 0.1) is 52.3 Å². The number of hydrogen-bond donors (Lipinski definition) is 0. The number of anilines is 1. The van der Waals surface area contributed by atoms with E-state index in [1.165, 1.54) is 57.8 Å². The van der Waals surface area contributed by atoms with Crippen LogP contribution in [0.2, 0.25) is 0 Å². The lowest BCUT2D eigenvalue weighted by Gasteiger charge is -2.58. The first-order chi connectivity index (χ1) is 30.0. The van der Waals surface area contributed by atoms with E-state index in [4.69, 9.17) is 23.9 Å². The topological polar surface area (TPSA) is 108 Å². The van der Waals surface area contributed by atoms with Gasteiger partial charge in [0.2, 0.25) is 5.71 Å². The first-order valence-corrected chi connectivity index (χ1v) is 24.4. The maximum atomic E-state index is 13.4. The summed E-state index contributed by atoms with van der Waals surface area (Å²) in [6, 6.07) is 11.1. The summed E-state index contributed by atoms with van der Waals surface area (Å²) in [5.41, 5.74) is 4.92. The fraction of sp³-hybridized carbons (Fsp3) is 0.642. The molecule has 334 valence electrons. The number of carbonyl (C=O) groups is 2. The van der Waals surface area contributed by atoms with E-state index < -0.39 is 5.97 Å². The number of ether oxygens (including phenoxy) is 2. The normalized spacial score (nSPS) is 28.7. The Hall–Kier alpha value is -4.11. The largest absolute Gasteiger partial charge is 0.432 e. The average Bonchev–Trinajstić information content (AvgIpc) is 3.84. The molecule has 1 aromatic carbocycles. The summed E-state index contributed by atoms with van der Waals surface area (Å²) in [6.07, 6.45) is 19.4. The first-order valence-electron chi connectivity index (χ1n) is 24.4. The van der Waals surface area contributed by atoms with Crippen LogP contribution in [0.15, 0.2) is 58.7 Å². The van der Waals surface area contributed by atoms with Gasteiger partial charge in [-0.05, 0) is 128 Å². The molecule has 5 unspecified atom stereocenters. The second-order valence-electron chi connectivity index (χ2n) is 20.2. The van der Waals surface area contributed by atoms with Gasteiger partial charge in [-0.25, -0.2) is 15.0 Å². The zero-order valence-electron chi connectivity index (χ0n) is 38.7. The van der Waals surface area contributed by atoms with E-state index in [0.29, 0.717) is 78.3 Å². The number of rotatable bonds is 13. The van der Waals surface area contributed by atoms with Gasteiger partial charge in [0.05, 0.1) is 25.0 Å². The van der Waals surface area contributed by atoms with Gasteiger partial charge in [-0.1, -0.05) is 91.5 Å². The molecule has 0 radical (unpaired) electrons. The molecule has 9 heteroatoms. The summed E-state index contributed by atoms with van der Waals surface area (Å²) >= 11 is 0. The van der Waals surface area contributed by atoms with Crippen molar-refractivity contribution in [1.29, 1.82) is 0 Å². The molecule has 9 rings (SSSR count). The Labute approximate surface area is 370 Å². The van der Waals surface area contributed by atoms with E-state index in [1.54, 1.807) is 23.9 Å². The number of carbonyl (C=O) groups excluding carboxylic acids is 2. The highest BCUT2D eigenvalue weighted by Crippen LogP contribution is 2.67. The second kappa shape index (κ2) is 18.9. The van der Waals surface area contributed by atoms with E-state index in [-0.39, 0.29) is 24.0 Å². The predicted molar refractivity (Wildman–Crippen MR) is 248 cm³/mol. The van der Waals surface area contributed by atoms with E-state index in [1.807, 2.05) is 38.1 Å². The fourth-order valence-corrected chi connectivity index (χ4v) is 13.1. The molecule has 9 nitrogen and oxygen atoms in total. The maximum absolute atomic E-state index is 13.4. The van der Waals surface area contributed by atoms with Gasteiger partial charge in [0.25, 0.3) is 0 Å². The van der Waals surface area contributed by atoms with Crippen LogP contribution in [0.25, 0.3) is 33.6 Å². The van der Waals surface area contributed by atoms with Crippen molar-refractivity contribution in [1.82, 2.24) is 15.0 Å². The minimum absolute atomic E-state index is 0.0646. The Morgan fingerprint density at radius 3 is 2.56 bits per heavy atom. The lowest BCUT2D eigenvalue weighted by Crippen LogP contribution is -2.50. The van der Waals surface area contributed by atoms with Gasteiger partial charge >= 0.3 is 5.97 Å². The minimum Gasteiger partial charge on any atom is -0.432 e. The molecule has 0 spiro atoms. The van der Waals surface area contributed by atoms with Crippen LogP contribution in [0.4, 0.5) is 5.82 Å². The van der Waals surface area contributed by atoms with Crippen LogP contribution in [0.5, 0.6) is 5.75 Å². The third kappa shape index (κ3) is 8.86. The van der Waals surface area contributed by atoms with Crippen LogP contribution in [-0.2, 0) is 14.3 Å². The van der Waals surface area contributed by atoms with Gasteiger partial charge in [0.15, 0.2) is 17.2 Å². The van der Waals surface area contributed by atoms with Crippen LogP contribution >= 0.6 is 0 Å². The highest BCUT2D eigenvalue weighted by Gasteiger charge is 2.59. The number of Topliss-reactive ketones (excluding diaryl/α,β-unsaturated/α-hetero) is 1. The molecule has 3 aromatic heterocycles. The number of allylic oxidation sites excluding steroid dienone is 2. The van der Waals surface area contributed by atoms with Crippen molar-refractivity contribution in [3.05, 3.63) is 54.2 Å². The quantitative estimate of drug-likeness (QED) is 0.0738. The molecular weight excluding hydrogens is 773 g/mol. The molecule has 5 aliphatic rings. The maximum Gasteiger partial charge on any atom is 0.311 e. The van der Waals surface area contributed by atoms with Crippen molar-refractivity contribution in [2.24, 2.45) is 52.3 Å². The zero-order valence-corrected chi connectivity index (χ0v) is 38.7. The molecule has 62 heavy (non-hydrogen) atoms. The number of aromatic nitrogens is 3. The molecular formula is C53H72N4O5. The lowest BCUT2D eigenvalue weighted by molar-refractivity contribution is -0.136. The standard InChI is InChI=1S/C51H66N4O5.C2H6/c1-32(2)9-6-10-33(3)41-17-18-42-39-16-14-36-29-34(20-22-50(36,4)43(39)21-23-51(41,42)5)30-37(56)15-19-44(57)59-38-12-7-11-35(31-38)47-53-45-40-13-8-24-52-49(40)60-46(45)48(54-47)55-25-27-58-28-26-55;1-2/h7-8,11-14,24,31-34,39,41-43H,6,9-10,15-23,25-30H2,1-5H3;1-2H3/t33-,34?,39?,41?,42+,43+,50?,51?;/m1./s1. The second-order valence-corrected chi connectivity index (χ2v) is 20.2. The summed E-state index contributed by atoms with van der Waals surface area (Å²) in [5, 5.41) is 0.816. The molecule has 8 atom stereocenters. The summed E-state index contributed by atoms with van der Waals surface area (Å²) in [4.78, 5) is 43.0. The van der Waals surface area contributed by atoms with Crippen molar-refractivity contribution >= 4 is 39.8 Å². The number of furan rings is 1. The number of fused-ring (bicyclic) bond motifs is 8. The van der Waals surface area contributed by atoms with Crippen molar-refractivity contribution in [2.75, 3.05) is 31.2 Å². The summed E-state index contributed by atoms with van der Waals surface area (Å²) in [7, 11) is 0. The Kier molecular flexibility index (Phi) is 13.6. The molecule has 1 aliphatic heterocycles. The fourth-order valence-electron chi connectivity index (χ4n) is 13.1.